The van der Waals surface area contributed by atoms with E-state index in [1.807, 2.05) is 54.3 Å². The van der Waals surface area contributed by atoms with Gasteiger partial charge in [-0.15, -0.1) is 0 Å². The van der Waals surface area contributed by atoms with Gasteiger partial charge in [0, 0.05) is 19.6 Å². The summed E-state index contributed by atoms with van der Waals surface area (Å²) < 4.78 is 7.11. The molecule has 0 N–H and O–H groups in total. The van der Waals surface area contributed by atoms with Gasteiger partial charge in [-0.1, -0.05) is 44.4 Å². The summed E-state index contributed by atoms with van der Waals surface area (Å²) in [6.07, 6.45) is 5.87. The highest BCUT2D eigenvalue weighted by Gasteiger charge is 2.33. The van der Waals surface area contributed by atoms with Crippen LogP contribution >= 0.6 is 0 Å². The van der Waals surface area contributed by atoms with Gasteiger partial charge in [-0.2, -0.15) is 0 Å². The number of amides is 1. The van der Waals surface area contributed by atoms with E-state index in [1.54, 1.807) is 11.7 Å². The second-order valence-corrected chi connectivity index (χ2v) is 9.68. The number of methoxy groups -OCH3 is 1. The van der Waals surface area contributed by atoms with Crippen LogP contribution in [0.25, 0.3) is 16.6 Å². The number of carbonyl (C=O) groups excluding carboxylic acids is 1. The molecule has 0 radical (unpaired) electrons. The average molecular weight is 476 g/mol. The normalized spacial score (nSPS) is 15.3. The molecule has 0 saturated heterocycles. The number of para-hydroxylation sites is 1. The fourth-order valence-electron chi connectivity index (χ4n) is 5.22. The molecule has 1 aromatic heterocycles. The van der Waals surface area contributed by atoms with E-state index >= 15 is 0 Å². The Bertz CT molecular complexity index is 1240. The van der Waals surface area contributed by atoms with Crippen LogP contribution in [-0.4, -0.2) is 40.6 Å². The summed E-state index contributed by atoms with van der Waals surface area (Å²) in [6.45, 7) is 7.08. The third kappa shape index (κ3) is 5.18. The van der Waals surface area contributed by atoms with Crippen LogP contribution in [0.5, 0.6) is 0 Å². The molecule has 6 heteroatoms. The SMILES string of the molecule is CCC(c1nc2ccccc2c(=O)n1-c1ccc(C)c(C)c1)N(CCOC)C(=O)C1CCCCC1. The van der Waals surface area contributed by atoms with Crippen molar-refractivity contribution < 1.29 is 9.53 Å². The van der Waals surface area contributed by atoms with Crippen LogP contribution in [-0.2, 0) is 9.53 Å². The molecule has 1 unspecified atom stereocenters. The Labute approximate surface area is 207 Å². The number of hydrogen-bond donors (Lipinski definition) is 0. The number of hydrogen-bond acceptors (Lipinski definition) is 4. The Balaban J connectivity index is 1.90. The molecule has 2 aromatic carbocycles. The van der Waals surface area contributed by atoms with E-state index in [-0.39, 0.29) is 23.4 Å². The molecule has 1 atom stereocenters. The molecule has 1 fully saturated rings. The van der Waals surface area contributed by atoms with Gasteiger partial charge in [-0.05, 0) is 68.5 Å². The Kier molecular flexibility index (Phi) is 8.01. The Morgan fingerprint density at radius 2 is 1.86 bits per heavy atom. The number of nitrogens with zero attached hydrogens (tertiary/aromatic N) is 3. The third-order valence-electron chi connectivity index (χ3n) is 7.39. The minimum atomic E-state index is -0.335. The fraction of sp³-hybridized carbons (Fsp3) is 0.483. The van der Waals surface area contributed by atoms with Gasteiger partial charge >= 0.3 is 0 Å². The Morgan fingerprint density at radius 1 is 1.11 bits per heavy atom. The maximum absolute atomic E-state index is 13.9. The maximum atomic E-state index is 13.9. The molecular weight excluding hydrogens is 438 g/mol. The van der Waals surface area contributed by atoms with Crippen molar-refractivity contribution in [1.82, 2.24) is 14.5 Å². The van der Waals surface area contributed by atoms with Crippen LogP contribution in [0.3, 0.4) is 0 Å². The Morgan fingerprint density at radius 3 is 2.54 bits per heavy atom. The van der Waals surface area contributed by atoms with E-state index < -0.39 is 0 Å². The van der Waals surface area contributed by atoms with Crippen molar-refractivity contribution in [3.05, 3.63) is 69.8 Å². The lowest BCUT2D eigenvalue weighted by Gasteiger charge is -2.35. The van der Waals surface area contributed by atoms with Crippen molar-refractivity contribution in [3.8, 4) is 5.69 Å². The zero-order chi connectivity index (χ0) is 24.9. The first-order chi connectivity index (χ1) is 17.0. The quantitative estimate of drug-likeness (QED) is 0.431. The standard InChI is InChI=1S/C29H37N3O3/c1-5-26(31(17-18-35-4)28(33)22-11-7-6-8-12-22)27-30-25-14-10-9-13-24(25)29(34)32(27)23-16-15-20(2)21(3)19-23/h9-10,13-16,19,22,26H,5-8,11-12,17-18H2,1-4H3. The molecule has 1 heterocycles. The summed E-state index contributed by atoms with van der Waals surface area (Å²) in [6, 6.07) is 13.2. The number of aryl methyl sites for hydroxylation is 2. The molecule has 35 heavy (non-hydrogen) atoms. The largest absolute Gasteiger partial charge is 0.383 e. The second kappa shape index (κ2) is 11.2. The summed E-state index contributed by atoms with van der Waals surface area (Å²) in [5.74, 6) is 0.791. The maximum Gasteiger partial charge on any atom is 0.266 e. The highest BCUT2D eigenvalue weighted by atomic mass is 16.5. The molecular formula is C29H37N3O3. The second-order valence-electron chi connectivity index (χ2n) is 9.68. The first kappa shape index (κ1) is 25.1. The van der Waals surface area contributed by atoms with Crippen LogP contribution in [0.2, 0.25) is 0 Å². The predicted molar refractivity (Wildman–Crippen MR) is 140 cm³/mol. The van der Waals surface area contributed by atoms with Crippen molar-refractivity contribution in [3.63, 3.8) is 0 Å². The van der Waals surface area contributed by atoms with Gasteiger partial charge in [0.25, 0.3) is 5.56 Å². The summed E-state index contributed by atoms with van der Waals surface area (Å²) in [5.41, 5.74) is 3.60. The van der Waals surface area contributed by atoms with Crippen LogP contribution < -0.4 is 5.56 Å². The summed E-state index contributed by atoms with van der Waals surface area (Å²) in [5, 5.41) is 0.575. The van der Waals surface area contributed by atoms with Gasteiger partial charge in [-0.3, -0.25) is 14.2 Å². The number of ether oxygens (including phenoxy) is 1. The van der Waals surface area contributed by atoms with Crippen LogP contribution in [0.15, 0.2) is 47.3 Å². The lowest BCUT2D eigenvalue weighted by Crippen LogP contribution is -2.43. The minimum Gasteiger partial charge on any atom is -0.383 e. The molecule has 186 valence electrons. The number of carbonyl (C=O) groups is 1. The topological polar surface area (TPSA) is 64.4 Å². The fourth-order valence-corrected chi connectivity index (χ4v) is 5.22. The predicted octanol–water partition coefficient (Wildman–Crippen LogP) is 5.51. The molecule has 6 nitrogen and oxygen atoms in total. The van der Waals surface area contributed by atoms with Gasteiger partial charge in [0.2, 0.25) is 5.91 Å². The van der Waals surface area contributed by atoms with Gasteiger partial charge in [0.15, 0.2) is 0 Å². The van der Waals surface area contributed by atoms with Gasteiger partial charge in [-0.25, -0.2) is 4.98 Å². The molecule has 0 bridgehead atoms. The minimum absolute atomic E-state index is 0.0249. The van der Waals surface area contributed by atoms with Crippen molar-refractivity contribution in [2.45, 2.75) is 65.3 Å². The number of aromatic nitrogens is 2. The first-order valence-electron chi connectivity index (χ1n) is 12.8. The van der Waals surface area contributed by atoms with Crippen molar-refractivity contribution >= 4 is 16.8 Å². The lowest BCUT2D eigenvalue weighted by atomic mass is 9.87. The zero-order valence-corrected chi connectivity index (χ0v) is 21.4. The number of rotatable bonds is 8. The van der Waals surface area contributed by atoms with E-state index in [2.05, 4.69) is 13.8 Å². The van der Waals surface area contributed by atoms with Crippen LogP contribution in [0.1, 0.15) is 68.4 Å². The van der Waals surface area contributed by atoms with Gasteiger partial charge in [0.1, 0.15) is 5.82 Å². The summed E-state index contributed by atoms with van der Waals surface area (Å²) in [4.78, 5) is 34.6. The molecule has 1 saturated carbocycles. The smallest absolute Gasteiger partial charge is 0.266 e. The van der Waals surface area contributed by atoms with E-state index in [0.717, 1.165) is 36.9 Å². The van der Waals surface area contributed by atoms with Crippen molar-refractivity contribution in [2.24, 2.45) is 5.92 Å². The summed E-state index contributed by atoms with van der Waals surface area (Å²) >= 11 is 0. The van der Waals surface area contributed by atoms with E-state index in [9.17, 15) is 9.59 Å². The van der Waals surface area contributed by atoms with Crippen LogP contribution in [0.4, 0.5) is 0 Å². The highest BCUT2D eigenvalue weighted by Crippen LogP contribution is 2.31. The highest BCUT2D eigenvalue weighted by molar-refractivity contribution is 5.80. The number of fused-ring (bicyclic) bond motifs is 1. The first-order valence-corrected chi connectivity index (χ1v) is 12.8. The molecule has 1 aliphatic rings. The van der Waals surface area contributed by atoms with E-state index in [1.165, 1.54) is 12.0 Å². The zero-order valence-electron chi connectivity index (χ0n) is 21.4. The van der Waals surface area contributed by atoms with Gasteiger partial charge < -0.3 is 9.64 Å². The van der Waals surface area contributed by atoms with E-state index in [0.29, 0.717) is 36.3 Å². The van der Waals surface area contributed by atoms with E-state index in [4.69, 9.17) is 9.72 Å². The molecule has 0 aliphatic heterocycles. The van der Waals surface area contributed by atoms with Crippen molar-refractivity contribution in [1.29, 1.82) is 0 Å². The molecule has 3 aromatic rings. The van der Waals surface area contributed by atoms with Crippen molar-refractivity contribution in [2.75, 3.05) is 20.3 Å². The molecule has 4 rings (SSSR count). The number of benzene rings is 2. The average Bonchev–Trinajstić information content (AvgIpc) is 2.88. The summed E-state index contributed by atoms with van der Waals surface area (Å²) in [7, 11) is 1.66. The Hall–Kier alpha value is -2.99. The monoisotopic (exact) mass is 475 g/mol. The molecule has 1 aliphatic carbocycles. The lowest BCUT2D eigenvalue weighted by molar-refractivity contribution is -0.140. The molecule has 1 amide bonds. The third-order valence-corrected chi connectivity index (χ3v) is 7.39. The van der Waals surface area contributed by atoms with Gasteiger partial charge in [0.05, 0.1) is 29.2 Å². The molecule has 0 spiro atoms. The van der Waals surface area contributed by atoms with Crippen LogP contribution in [0, 0.1) is 19.8 Å².